The number of halogens is 1. The van der Waals surface area contributed by atoms with Crippen molar-refractivity contribution in [3.05, 3.63) is 58.1 Å². The van der Waals surface area contributed by atoms with Crippen LogP contribution in [0.1, 0.15) is 49.2 Å². The molecule has 0 saturated carbocycles. The minimum Gasteiger partial charge on any atom is -0.353 e. The maximum absolute atomic E-state index is 13.4. The molecule has 0 radical (unpaired) electrons. The number of carbonyl (C=O) groups excluding carboxylic acids is 2. The zero-order valence-corrected chi connectivity index (χ0v) is 19.5. The summed E-state index contributed by atoms with van der Waals surface area (Å²) in [6.07, 6.45) is 2.34. The molecule has 4 rings (SSSR count). The van der Waals surface area contributed by atoms with Gasteiger partial charge in [-0.15, -0.1) is 11.3 Å². The number of amides is 2. The third kappa shape index (κ3) is 4.80. The fraction of sp³-hybridized carbons (Fsp3) is 0.417. The number of benzene rings is 1. The van der Waals surface area contributed by atoms with Crippen LogP contribution in [0.25, 0.3) is 10.2 Å². The molecule has 164 valence electrons. The third-order valence-corrected chi connectivity index (χ3v) is 7.33. The molecule has 1 aliphatic rings. The molecule has 0 bridgehead atoms. The molecule has 1 aliphatic heterocycles. The standard InChI is InChI=1S/C24H28ClN3O2S/c1-3-16(2)26-22(29)18-8-11-27(12-9-18)23(30)21-14-19-10-13-31-24(19)28(21)15-17-4-6-20(25)7-5-17/h4-7,10,13-14,16,18H,3,8-9,11-12,15H2,1-2H3,(H,26,29). The molecule has 1 N–H and O–H groups in total. The number of thiophene rings is 1. The molecule has 0 aliphatic carbocycles. The van der Waals surface area contributed by atoms with Crippen molar-refractivity contribution in [2.24, 2.45) is 5.92 Å². The lowest BCUT2D eigenvalue weighted by Crippen LogP contribution is -2.45. The van der Waals surface area contributed by atoms with Crippen molar-refractivity contribution in [1.82, 2.24) is 14.8 Å². The van der Waals surface area contributed by atoms with E-state index < -0.39 is 0 Å². The van der Waals surface area contributed by atoms with E-state index in [0.29, 0.717) is 43.2 Å². The quantitative estimate of drug-likeness (QED) is 0.555. The van der Waals surface area contributed by atoms with E-state index in [-0.39, 0.29) is 23.8 Å². The van der Waals surface area contributed by atoms with Crippen LogP contribution in [0.4, 0.5) is 0 Å². The molecule has 2 aromatic heterocycles. The maximum atomic E-state index is 13.4. The summed E-state index contributed by atoms with van der Waals surface area (Å²) < 4.78 is 2.10. The zero-order chi connectivity index (χ0) is 22.0. The van der Waals surface area contributed by atoms with E-state index in [1.807, 2.05) is 42.2 Å². The van der Waals surface area contributed by atoms with Gasteiger partial charge < -0.3 is 14.8 Å². The number of aromatic nitrogens is 1. The third-order valence-electron chi connectivity index (χ3n) is 6.13. The predicted octanol–water partition coefficient (Wildman–Crippen LogP) is 5.17. The second-order valence-electron chi connectivity index (χ2n) is 8.31. The van der Waals surface area contributed by atoms with Gasteiger partial charge in [0, 0.05) is 42.0 Å². The highest BCUT2D eigenvalue weighted by Gasteiger charge is 2.30. The lowest BCUT2D eigenvalue weighted by atomic mass is 9.95. The van der Waals surface area contributed by atoms with Crippen molar-refractivity contribution in [3.8, 4) is 0 Å². The van der Waals surface area contributed by atoms with E-state index in [9.17, 15) is 9.59 Å². The topological polar surface area (TPSA) is 54.3 Å². The van der Waals surface area contributed by atoms with Crippen LogP contribution in [-0.4, -0.2) is 40.4 Å². The second kappa shape index (κ2) is 9.45. The highest BCUT2D eigenvalue weighted by atomic mass is 35.5. The van der Waals surface area contributed by atoms with E-state index in [1.54, 1.807) is 11.3 Å². The van der Waals surface area contributed by atoms with Gasteiger partial charge in [-0.2, -0.15) is 0 Å². The Morgan fingerprint density at radius 3 is 2.58 bits per heavy atom. The Bertz CT molecular complexity index is 1060. The Balaban J connectivity index is 1.49. The first-order valence-electron chi connectivity index (χ1n) is 10.9. The number of hydrogen-bond donors (Lipinski definition) is 1. The van der Waals surface area contributed by atoms with E-state index in [1.165, 1.54) is 0 Å². The fourth-order valence-corrected chi connectivity index (χ4v) is 5.07. The summed E-state index contributed by atoms with van der Waals surface area (Å²) in [4.78, 5) is 28.9. The van der Waals surface area contributed by atoms with E-state index in [2.05, 4.69) is 28.3 Å². The molecule has 3 heterocycles. The van der Waals surface area contributed by atoms with Gasteiger partial charge in [0.05, 0.1) is 0 Å². The lowest BCUT2D eigenvalue weighted by Gasteiger charge is -2.32. The van der Waals surface area contributed by atoms with Gasteiger partial charge in [0.15, 0.2) is 0 Å². The van der Waals surface area contributed by atoms with Crippen molar-refractivity contribution < 1.29 is 9.59 Å². The van der Waals surface area contributed by atoms with Crippen LogP contribution >= 0.6 is 22.9 Å². The Morgan fingerprint density at radius 2 is 1.90 bits per heavy atom. The normalized spacial score (nSPS) is 15.9. The van der Waals surface area contributed by atoms with Crippen molar-refractivity contribution in [2.45, 2.75) is 45.7 Å². The number of rotatable bonds is 6. The molecule has 31 heavy (non-hydrogen) atoms. The minimum atomic E-state index is -0.0117. The monoisotopic (exact) mass is 457 g/mol. The van der Waals surface area contributed by atoms with Crippen LogP contribution < -0.4 is 5.32 Å². The Labute approximate surface area is 192 Å². The SMILES string of the molecule is CCC(C)NC(=O)C1CCN(C(=O)c2cc3ccsc3n2Cc2ccc(Cl)cc2)CC1. The van der Waals surface area contributed by atoms with Crippen LogP contribution in [0.2, 0.25) is 5.02 Å². The number of nitrogens with zero attached hydrogens (tertiary/aromatic N) is 2. The van der Waals surface area contributed by atoms with Crippen molar-refractivity contribution >= 4 is 45.0 Å². The highest BCUT2D eigenvalue weighted by molar-refractivity contribution is 7.16. The van der Waals surface area contributed by atoms with Crippen molar-refractivity contribution in [2.75, 3.05) is 13.1 Å². The average Bonchev–Trinajstić information content (AvgIpc) is 3.37. The number of hydrogen-bond acceptors (Lipinski definition) is 3. The highest BCUT2D eigenvalue weighted by Crippen LogP contribution is 2.28. The second-order valence-corrected chi connectivity index (χ2v) is 9.64. The molecule has 7 heteroatoms. The van der Waals surface area contributed by atoms with Gasteiger partial charge in [0.25, 0.3) is 5.91 Å². The minimum absolute atomic E-state index is 0.0117. The zero-order valence-electron chi connectivity index (χ0n) is 17.9. The number of nitrogens with one attached hydrogen (secondary N) is 1. The Hall–Kier alpha value is -2.31. The molecular weight excluding hydrogens is 430 g/mol. The van der Waals surface area contributed by atoms with Gasteiger partial charge in [-0.25, -0.2) is 0 Å². The van der Waals surface area contributed by atoms with Crippen LogP contribution in [0.3, 0.4) is 0 Å². The smallest absolute Gasteiger partial charge is 0.270 e. The number of carbonyl (C=O) groups is 2. The summed E-state index contributed by atoms with van der Waals surface area (Å²) in [7, 11) is 0. The van der Waals surface area contributed by atoms with Crippen LogP contribution in [0, 0.1) is 5.92 Å². The molecule has 3 aromatic rings. The summed E-state index contributed by atoms with van der Waals surface area (Å²) >= 11 is 7.68. The van der Waals surface area contributed by atoms with Crippen molar-refractivity contribution in [1.29, 1.82) is 0 Å². The van der Waals surface area contributed by atoms with Gasteiger partial charge in [-0.05, 0) is 61.4 Å². The van der Waals surface area contributed by atoms with Gasteiger partial charge in [0.2, 0.25) is 5.91 Å². The van der Waals surface area contributed by atoms with Crippen LogP contribution in [0.5, 0.6) is 0 Å². The Kier molecular flexibility index (Phi) is 6.68. The van der Waals surface area contributed by atoms with E-state index >= 15 is 0 Å². The predicted molar refractivity (Wildman–Crippen MR) is 127 cm³/mol. The first-order chi connectivity index (χ1) is 15.0. The fourth-order valence-electron chi connectivity index (χ4n) is 4.05. The number of piperidine rings is 1. The summed E-state index contributed by atoms with van der Waals surface area (Å²) in [6, 6.07) is 12.0. The van der Waals surface area contributed by atoms with E-state index in [0.717, 1.165) is 22.2 Å². The summed E-state index contributed by atoms with van der Waals surface area (Å²) in [5, 5.41) is 6.92. The first-order valence-corrected chi connectivity index (χ1v) is 12.1. The molecule has 5 nitrogen and oxygen atoms in total. The summed E-state index contributed by atoms with van der Waals surface area (Å²) in [5.74, 6) is 0.147. The molecule has 1 unspecified atom stereocenters. The molecular formula is C24H28ClN3O2S. The maximum Gasteiger partial charge on any atom is 0.270 e. The molecule has 1 atom stereocenters. The van der Waals surface area contributed by atoms with Gasteiger partial charge >= 0.3 is 0 Å². The number of fused-ring (bicyclic) bond motifs is 1. The van der Waals surface area contributed by atoms with E-state index in [4.69, 9.17) is 11.6 Å². The first kappa shape index (κ1) is 21.9. The number of likely N-dealkylation sites (tertiary alicyclic amines) is 1. The van der Waals surface area contributed by atoms with Gasteiger partial charge in [-0.1, -0.05) is 30.7 Å². The van der Waals surface area contributed by atoms with Crippen LogP contribution in [-0.2, 0) is 11.3 Å². The molecule has 1 aromatic carbocycles. The van der Waals surface area contributed by atoms with Crippen molar-refractivity contribution in [3.63, 3.8) is 0 Å². The molecule has 2 amide bonds. The van der Waals surface area contributed by atoms with Gasteiger partial charge in [-0.3, -0.25) is 9.59 Å². The van der Waals surface area contributed by atoms with Crippen LogP contribution in [0.15, 0.2) is 41.8 Å². The Morgan fingerprint density at radius 1 is 1.19 bits per heavy atom. The summed E-state index contributed by atoms with van der Waals surface area (Å²) in [6.45, 7) is 5.93. The molecule has 1 fully saturated rings. The van der Waals surface area contributed by atoms with Gasteiger partial charge in [0.1, 0.15) is 10.5 Å². The summed E-state index contributed by atoms with van der Waals surface area (Å²) in [5.41, 5.74) is 1.81. The lowest BCUT2D eigenvalue weighted by molar-refractivity contribution is -0.126. The average molecular weight is 458 g/mol. The molecule has 1 saturated heterocycles. The molecule has 0 spiro atoms. The largest absolute Gasteiger partial charge is 0.353 e.